The van der Waals surface area contributed by atoms with Crippen molar-refractivity contribution in [2.45, 2.75) is 30.8 Å². The van der Waals surface area contributed by atoms with Crippen LogP contribution in [0.1, 0.15) is 24.0 Å². The number of hydrogen-bond donors (Lipinski definition) is 2. The molecule has 1 unspecified atom stereocenters. The molecule has 3 rings (SSSR count). The Balaban J connectivity index is 1.65. The van der Waals surface area contributed by atoms with Crippen LogP contribution in [0.2, 0.25) is 0 Å². The molecule has 1 fully saturated rings. The molecule has 1 atom stereocenters. The fourth-order valence-electron chi connectivity index (χ4n) is 3.54. The molecule has 1 aromatic carbocycles. The van der Waals surface area contributed by atoms with Gasteiger partial charge >= 0.3 is 0 Å². The number of anilines is 1. The van der Waals surface area contributed by atoms with Crippen LogP contribution < -0.4 is 11.1 Å². The minimum atomic E-state index is -3.35. The molecule has 1 saturated heterocycles. The van der Waals surface area contributed by atoms with Crippen molar-refractivity contribution in [1.29, 1.82) is 0 Å². The summed E-state index contributed by atoms with van der Waals surface area (Å²) in [5.41, 5.74) is 7.64. The molecule has 0 saturated carbocycles. The van der Waals surface area contributed by atoms with Crippen molar-refractivity contribution < 1.29 is 13.2 Å². The van der Waals surface area contributed by atoms with Crippen molar-refractivity contribution >= 4 is 21.6 Å². The van der Waals surface area contributed by atoms with Crippen molar-refractivity contribution in [2.75, 3.05) is 24.7 Å². The van der Waals surface area contributed by atoms with Crippen LogP contribution in [-0.2, 0) is 27.7 Å². The summed E-state index contributed by atoms with van der Waals surface area (Å²) in [6.45, 7) is 2.88. The van der Waals surface area contributed by atoms with Gasteiger partial charge in [0.2, 0.25) is 5.91 Å². The molecule has 8 heteroatoms. The average molecular weight is 403 g/mol. The molecule has 150 valence electrons. The number of benzene rings is 1. The number of rotatable bonds is 7. The number of sulfone groups is 1. The molecule has 1 aliphatic rings. The summed E-state index contributed by atoms with van der Waals surface area (Å²) in [7, 11) is -3.35. The molecule has 0 spiro atoms. The van der Waals surface area contributed by atoms with E-state index >= 15 is 0 Å². The summed E-state index contributed by atoms with van der Waals surface area (Å²) in [4.78, 5) is 18.1. The first kappa shape index (κ1) is 20.3. The summed E-state index contributed by atoms with van der Waals surface area (Å²) in [5.74, 6) is 0.0626. The molecule has 2 heterocycles. The van der Waals surface area contributed by atoms with Gasteiger partial charge in [-0.1, -0.05) is 24.3 Å². The second kappa shape index (κ2) is 8.70. The first-order chi connectivity index (χ1) is 13.3. The Bertz CT molecular complexity index is 946. The van der Waals surface area contributed by atoms with Gasteiger partial charge in [0.15, 0.2) is 9.84 Å². The van der Waals surface area contributed by atoms with E-state index < -0.39 is 9.84 Å². The zero-order valence-corrected chi connectivity index (χ0v) is 16.8. The van der Waals surface area contributed by atoms with E-state index in [1.165, 1.54) is 6.26 Å². The lowest BCUT2D eigenvalue weighted by Crippen LogP contribution is -2.40. The molecule has 0 bridgehead atoms. The minimum Gasteiger partial charge on any atom is -0.369 e. The van der Waals surface area contributed by atoms with E-state index in [1.54, 1.807) is 18.3 Å². The molecular formula is C20H26N4O3S. The summed E-state index contributed by atoms with van der Waals surface area (Å²) in [6, 6.07) is 11.3. The quantitative estimate of drug-likeness (QED) is 0.732. The Morgan fingerprint density at radius 1 is 1.29 bits per heavy atom. The smallest absolute Gasteiger partial charge is 0.221 e. The second-order valence-electron chi connectivity index (χ2n) is 7.27. The van der Waals surface area contributed by atoms with Gasteiger partial charge in [0.05, 0.1) is 5.92 Å². The number of primary amides is 1. The highest BCUT2D eigenvalue weighted by Crippen LogP contribution is 2.20. The van der Waals surface area contributed by atoms with E-state index in [2.05, 4.69) is 27.3 Å². The van der Waals surface area contributed by atoms with Gasteiger partial charge in [-0.3, -0.25) is 9.69 Å². The number of nitrogens with zero attached hydrogens (tertiary/aromatic N) is 2. The topological polar surface area (TPSA) is 105 Å². The zero-order valence-electron chi connectivity index (χ0n) is 16.0. The molecule has 7 nitrogen and oxygen atoms in total. The number of amides is 1. The Labute approximate surface area is 165 Å². The maximum atomic E-state index is 11.9. The lowest BCUT2D eigenvalue weighted by molar-refractivity contribution is -0.123. The van der Waals surface area contributed by atoms with Crippen molar-refractivity contribution in [1.82, 2.24) is 9.88 Å². The van der Waals surface area contributed by atoms with Crippen LogP contribution in [0.4, 0.5) is 5.82 Å². The third-order valence-electron chi connectivity index (χ3n) is 4.94. The van der Waals surface area contributed by atoms with Crippen molar-refractivity contribution in [3.8, 4) is 0 Å². The lowest BCUT2D eigenvalue weighted by Gasteiger charge is -2.31. The van der Waals surface area contributed by atoms with E-state index in [0.29, 0.717) is 18.9 Å². The molecule has 1 amide bonds. The third kappa shape index (κ3) is 5.30. The SMILES string of the molecule is CS(=O)(=O)c1cccnc1NCc1cccc(CN2CCCC(C(N)=O)C2)c1. The summed E-state index contributed by atoms with van der Waals surface area (Å²) in [6.07, 6.45) is 4.58. The maximum absolute atomic E-state index is 11.9. The van der Waals surface area contributed by atoms with Gasteiger partial charge in [0.25, 0.3) is 0 Å². The molecule has 2 aromatic rings. The van der Waals surface area contributed by atoms with Crippen LogP contribution in [0.5, 0.6) is 0 Å². The zero-order chi connectivity index (χ0) is 20.1. The first-order valence-electron chi connectivity index (χ1n) is 9.31. The van der Waals surface area contributed by atoms with E-state index in [0.717, 1.165) is 37.1 Å². The van der Waals surface area contributed by atoms with Gasteiger partial charge < -0.3 is 11.1 Å². The van der Waals surface area contributed by atoms with Crippen molar-refractivity contribution in [2.24, 2.45) is 11.7 Å². The maximum Gasteiger partial charge on any atom is 0.221 e. The van der Waals surface area contributed by atoms with Crippen LogP contribution in [0, 0.1) is 5.92 Å². The van der Waals surface area contributed by atoms with Crippen LogP contribution in [0.3, 0.4) is 0 Å². The number of aromatic nitrogens is 1. The number of piperidine rings is 1. The monoisotopic (exact) mass is 402 g/mol. The Hall–Kier alpha value is -2.45. The van der Waals surface area contributed by atoms with Crippen LogP contribution in [0.15, 0.2) is 47.5 Å². The molecule has 3 N–H and O–H groups in total. The number of nitrogens with two attached hydrogens (primary N) is 1. The molecule has 1 aliphatic heterocycles. The summed E-state index contributed by atoms with van der Waals surface area (Å²) < 4.78 is 23.8. The molecule has 1 aromatic heterocycles. The standard InChI is InChI=1S/C20H26N4O3S/c1-28(26,27)18-8-3-9-22-20(18)23-12-15-5-2-6-16(11-15)13-24-10-4-7-17(14-24)19(21)25/h2-3,5-6,8-9,11,17H,4,7,10,12-14H2,1H3,(H2,21,25)(H,22,23). The van der Waals surface area contributed by atoms with Crippen LogP contribution in [-0.4, -0.2) is 43.6 Å². The fourth-order valence-corrected chi connectivity index (χ4v) is 4.34. The summed E-state index contributed by atoms with van der Waals surface area (Å²) in [5, 5.41) is 3.12. The first-order valence-corrected chi connectivity index (χ1v) is 11.2. The molecular weight excluding hydrogens is 376 g/mol. The van der Waals surface area contributed by atoms with Crippen LogP contribution >= 0.6 is 0 Å². The predicted octanol–water partition coefficient (Wildman–Crippen LogP) is 1.79. The van der Waals surface area contributed by atoms with E-state index in [4.69, 9.17) is 5.73 Å². The van der Waals surface area contributed by atoms with Gasteiger partial charge in [-0.2, -0.15) is 0 Å². The van der Waals surface area contributed by atoms with E-state index in [9.17, 15) is 13.2 Å². The van der Waals surface area contributed by atoms with Gasteiger partial charge in [-0.25, -0.2) is 13.4 Å². The normalized spacial score (nSPS) is 18.0. The number of hydrogen-bond acceptors (Lipinski definition) is 6. The summed E-state index contributed by atoms with van der Waals surface area (Å²) >= 11 is 0. The molecule has 28 heavy (non-hydrogen) atoms. The fraction of sp³-hybridized carbons (Fsp3) is 0.400. The number of nitrogens with one attached hydrogen (secondary N) is 1. The lowest BCUT2D eigenvalue weighted by atomic mass is 9.97. The van der Waals surface area contributed by atoms with Crippen molar-refractivity contribution in [3.05, 3.63) is 53.7 Å². The Morgan fingerprint density at radius 2 is 2.07 bits per heavy atom. The van der Waals surface area contributed by atoms with Gasteiger partial charge in [-0.15, -0.1) is 0 Å². The van der Waals surface area contributed by atoms with Gasteiger partial charge in [-0.05, 0) is 42.6 Å². The second-order valence-corrected chi connectivity index (χ2v) is 9.26. The Kier molecular flexibility index (Phi) is 6.31. The number of pyridine rings is 1. The van der Waals surface area contributed by atoms with Crippen LogP contribution in [0.25, 0.3) is 0 Å². The predicted molar refractivity (Wildman–Crippen MR) is 108 cm³/mol. The largest absolute Gasteiger partial charge is 0.369 e. The Morgan fingerprint density at radius 3 is 2.82 bits per heavy atom. The number of likely N-dealkylation sites (tertiary alicyclic amines) is 1. The average Bonchev–Trinajstić information content (AvgIpc) is 2.66. The van der Waals surface area contributed by atoms with Gasteiger partial charge in [0.1, 0.15) is 10.7 Å². The van der Waals surface area contributed by atoms with E-state index in [-0.39, 0.29) is 16.7 Å². The third-order valence-corrected chi connectivity index (χ3v) is 6.06. The van der Waals surface area contributed by atoms with Gasteiger partial charge in [0, 0.05) is 32.1 Å². The molecule has 0 radical (unpaired) electrons. The highest BCUT2D eigenvalue weighted by atomic mass is 32.2. The van der Waals surface area contributed by atoms with E-state index in [1.807, 2.05) is 12.1 Å². The highest BCUT2D eigenvalue weighted by Gasteiger charge is 2.23. The van der Waals surface area contributed by atoms with Crippen molar-refractivity contribution in [3.63, 3.8) is 0 Å². The molecule has 0 aliphatic carbocycles. The minimum absolute atomic E-state index is 0.0721. The number of carbonyl (C=O) groups is 1. The number of carbonyl (C=O) groups excluding carboxylic acids is 1. The highest BCUT2D eigenvalue weighted by molar-refractivity contribution is 7.90.